The van der Waals surface area contributed by atoms with Crippen LogP contribution in [0.5, 0.6) is 0 Å². The molecule has 1 amide bonds. The second-order valence-electron chi connectivity index (χ2n) is 7.96. The van der Waals surface area contributed by atoms with Crippen LogP contribution in [0.25, 0.3) is 27.5 Å². The number of nitrogens with one attached hydrogen (secondary N) is 1. The zero-order valence-electron chi connectivity index (χ0n) is 18.4. The van der Waals surface area contributed by atoms with E-state index in [1.54, 1.807) is 0 Å². The van der Waals surface area contributed by atoms with Crippen molar-refractivity contribution in [2.45, 2.75) is 6.92 Å². The molecule has 0 bridgehead atoms. The molecule has 0 aliphatic carbocycles. The highest BCUT2D eigenvalue weighted by Gasteiger charge is 2.18. The number of amides is 1. The van der Waals surface area contributed by atoms with E-state index in [0.29, 0.717) is 16.4 Å². The lowest BCUT2D eigenvalue weighted by Gasteiger charge is -2.16. The van der Waals surface area contributed by atoms with Crippen LogP contribution in [0.15, 0.2) is 72.8 Å². The Kier molecular flexibility index (Phi) is 6.80. The lowest BCUT2D eigenvalue weighted by atomic mass is 10.1. The molecule has 0 fully saturated rings. The van der Waals surface area contributed by atoms with Gasteiger partial charge < -0.3 is 14.8 Å². The molecule has 2 aromatic carbocycles. The molecule has 0 spiro atoms. The largest absolute Gasteiger partial charge is 0.350 e. The van der Waals surface area contributed by atoms with Crippen LogP contribution in [0, 0.1) is 6.92 Å². The second kappa shape index (κ2) is 9.74. The van der Waals surface area contributed by atoms with Gasteiger partial charge in [0.2, 0.25) is 0 Å². The molecule has 0 saturated heterocycles. The van der Waals surface area contributed by atoms with Crippen LogP contribution in [0.3, 0.4) is 0 Å². The monoisotopic (exact) mass is 463 g/mol. The van der Waals surface area contributed by atoms with E-state index >= 15 is 0 Å². The SMILES string of the molecule is Cc1ccccc1-n1c(-c2ccc(Cl)cc2)ccc1-c1ccc(C(=O)NCCN(C)C)s1. The van der Waals surface area contributed by atoms with Gasteiger partial charge >= 0.3 is 0 Å². The molecule has 164 valence electrons. The zero-order valence-corrected chi connectivity index (χ0v) is 20.0. The van der Waals surface area contributed by atoms with E-state index in [9.17, 15) is 4.79 Å². The van der Waals surface area contributed by atoms with Crippen LogP contribution in [0.4, 0.5) is 0 Å². The summed E-state index contributed by atoms with van der Waals surface area (Å²) in [7, 11) is 3.99. The molecule has 2 heterocycles. The molecule has 0 aliphatic rings. The number of hydrogen-bond acceptors (Lipinski definition) is 3. The third kappa shape index (κ3) is 4.80. The van der Waals surface area contributed by atoms with Crippen molar-refractivity contribution in [2.24, 2.45) is 0 Å². The van der Waals surface area contributed by atoms with Crippen molar-refractivity contribution in [3.05, 3.63) is 88.3 Å². The number of nitrogens with zero attached hydrogens (tertiary/aromatic N) is 2. The number of para-hydroxylation sites is 1. The van der Waals surface area contributed by atoms with Gasteiger partial charge in [-0.2, -0.15) is 0 Å². The normalized spacial score (nSPS) is 11.2. The minimum atomic E-state index is -0.0324. The number of aryl methyl sites for hydroxylation is 1. The third-order valence-corrected chi connectivity index (χ3v) is 6.66. The first-order valence-corrected chi connectivity index (χ1v) is 11.7. The van der Waals surface area contributed by atoms with Crippen molar-refractivity contribution in [2.75, 3.05) is 27.2 Å². The molecule has 4 rings (SSSR count). The summed E-state index contributed by atoms with van der Waals surface area (Å²) in [6.07, 6.45) is 0. The Labute approximate surface area is 198 Å². The first kappa shape index (κ1) is 22.3. The number of carbonyl (C=O) groups excluding carboxylic acids is 1. The number of hydrogen-bond donors (Lipinski definition) is 1. The van der Waals surface area contributed by atoms with E-state index in [0.717, 1.165) is 34.1 Å². The summed E-state index contributed by atoms with van der Waals surface area (Å²) in [6, 6.07) is 24.4. The van der Waals surface area contributed by atoms with E-state index in [-0.39, 0.29) is 5.91 Å². The third-order valence-electron chi connectivity index (χ3n) is 5.30. The summed E-state index contributed by atoms with van der Waals surface area (Å²) in [6.45, 7) is 3.55. The van der Waals surface area contributed by atoms with E-state index in [1.165, 1.54) is 16.9 Å². The number of likely N-dealkylation sites (N-methyl/N-ethyl adjacent to an activating group) is 1. The first-order chi connectivity index (χ1) is 15.4. The maximum Gasteiger partial charge on any atom is 0.261 e. The molecule has 32 heavy (non-hydrogen) atoms. The van der Waals surface area contributed by atoms with Gasteiger partial charge in [0, 0.05) is 23.8 Å². The highest BCUT2D eigenvalue weighted by Crippen LogP contribution is 2.36. The van der Waals surface area contributed by atoms with Crippen LogP contribution in [-0.4, -0.2) is 42.6 Å². The molecule has 4 nitrogen and oxygen atoms in total. The topological polar surface area (TPSA) is 37.3 Å². The smallest absolute Gasteiger partial charge is 0.261 e. The van der Waals surface area contributed by atoms with E-state index in [1.807, 2.05) is 61.5 Å². The van der Waals surface area contributed by atoms with Gasteiger partial charge in [0.05, 0.1) is 21.1 Å². The molecule has 2 aromatic heterocycles. The number of carbonyl (C=O) groups is 1. The maximum atomic E-state index is 12.6. The summed E-state index contributed by atoms with van der Waals surface area (Å²) >= 11 is 7.63. The highest BCUT2D eigenvalue weighted by molar-refractivity contribution is 7.17. The summed E-state index contributed by atoms with van der Waals surface area (Å²) < 4.78 is 2.26. The maximum absolute atomic E-state index is 12.6. The fourth-order valence-corrected chi connectivity index (χ4v) is 4.69. The summed E-state index contributed by atoms with van der Waals surface area (Å²) in [5.74, 6) is -0.0324. The van der Waals surface area contributed by atoms with Crippen molar-refractivity contribution >= 4 is 28.8 Å². The van der Waals surface area contributed by atoms with Gasteiger partial charge in [-0.25, -0.2) is 0 Å². The summed E-state index contributed by atoms with van der Waals surface area (Å²) in [4.78, 5) is 16.4. The Morgan fingerprint density at radius 3 is 2.41 bits per heavy atom. The van der Waals surface area contributed by atoms with Gasteiger partial charge in [-0.3, -0.25) is 4.79 Å². The van der Waals surface area contributed by atoms with Crippen molar-refractivity contribution in [1.29, 1.82) is 0 Å². The Morgan fingerprint density at radius 1 is 0.969 bits per heavy atom. The molecule has 0 saturated carbocycles. The van der Waals surface area contributed by atoms with Crippen LogP contribution in [0.2, 0.25) is 5.02 Å². The fraction of sp³-hybridized carbons (Fsp3) is 0.192. The van der Waals surface area contributed by atoms with Crippen molar-refractivity contribution in [1.82, 2.24) is 14.8 Å². The standard InChI is InChI=1S/C26H26ClN3OS/c1-18-6-4-5-7-21(18)30-22(19-8-10-20(27)11-9-19)12-13-23(30)24-14-15-25(32-24)26(31)28-16-17-29(2)3/h4-15H,16-17H2,1-3H3,(H,28,31). The van der Waals surface area contributed by atoms with Crippen LogP contribution in [-0.2, 0) is 0 Å². The average Bonchev–Trinajstić information content (AvgIpc) is 3.42. The van der Waals surface area contributed by atoms with Crippen LogP contribution < -0.4 is 5.32 Å². The predicted molar refractivity (Wildman–Crippen MR) is 135 cm³/mol. The average molecular weight is 464 g/mol. The Balaban J connectivity index is 1.74. The summed E-state index contributed by atoms with van der Waals surface area (Å²) in [5.41, 5.74) is 5.52. The lowest BCUT2D eigenvalue weighted by Crippen LogP contribution is -2.30. The van der Waals surface area contributed by atoms with Gasteiger partial charge in [-0.15, -0.1) is 11.3 Å². The lowest BCUT2D eigenvalue weighted by molar-refractivity contribution is 0.0955. The quantitative estimate of drug-likeness (QED) is 0.358. The van der Waals surface area contributed by atoms with E-state index < -0.39 is 0 Å². The summed E-state index contributed by atoms with van der Waals surface area (Å²) in [5, 5.41) is 3.71. The number of benzene rings is 2. The molecular formula is C26H26ClN3OS. The number of halogens is 1. The Hall–Kier alpha value is -2.86. The van der Waals surface area contributed by atoms with E-state index in [2.05, 4.69) is 47.1 Å². The Bertz CT molecular complexity index is 1220. The van der Waals surface area contributed by atoms with Crippen molar-refractivity contribution in [3.63, 3.8) is 0 Å². The number of rotatable bonds is 7. The fourth-order valence-electron chi connectivity index (χ4n) is 3.63. The van der Waals surface area contributed by atoms with Gasteiger partial charge in [0.1, 0.15) is 0 Å². The molecule has 0 aliphatic heterocycles. The molecule has 4 aromatic rings. The number of thiophene rings is 1. The number of aromatic nitrogens is 1. The van der Waals surface area contributed by atoms with E-state index in [4.69, 9.17) is 11.6 Å². The zero-order chi connectivity index (χ0) is 22.7. The van der Waals surface area contributed by atoms with Gasteiger partial charge in [-0.1, -0.05) is 41.9 Å². The molecule has 1 N–H and O–H groups in total. The highest BCUT2D eigenvalue weighted by atomic mass is 35.5. The van der Waals surface area contributed by atoms with Gasteiger partial charge in [0.15, 0.2) is 0 Å². The molecular weight excluding hydrogens is 438 g/mol. The van der Waals surface area contributed by atoms with Crippen molar-refractivity contribution in [3.8, 4) is 27.5 Å². The predicted octanol–water partition coefficient (Wildman–Crippen LogP) is 6.13. The van der Waals surface area contributed by atoms with Gasteiger partial charge in [-0.05, 0) is 74.6 Å². The molecule has 0 radical (unpaired) electrons. The first-order valence-electron chi connectivity index (χ1n) is 10.5. The van der Waals surface area contributed by atoms with Crippen LogP contribution >= 0.6 is 22.9 Å². The van der Waals surface area contributed by atoms with Gasteiger partial charge in [0.25, 0.3) is 5.91 Å². The molecule has 6 heteroatoms. The minimum absolute atomic E-state index is 0.0324. The molecule has 0 unspecified atom stereocenters. The Morgan fingerprint density at radius 2 is 1.69 bits per heavy atom. The molecule has 0 atom stereocenters. The van der Waals surface area contributed by atoms with Crippen LogP contribution in [0.1, 0.15) is 15.2 Å². The minimum Gasteiger partial charge on any atom is -0.350 e. The second-order valence-corrected chi connectivity index (χ2v) is 9.48. The van der Waals surface area contributed by atoms with Crippen molar-refractivity contribution < 1.29 is 4.79 Å².